The number of rotatable bonds is 8. The molecule has 24 heavy (non-hydrogen) atoms. The molecule has 0 radical (unpaired) electrons. The SMILES string of the molecule is CCCCCCn1c(CSc2ccc(Cl)cc2)nc2ccccc21. The van der Waals surface area contributed by atoms with Gasteiger partial charge in [0.15, 0.2) is 0 Å². The normalized spacial score (nSPS) is 11.2. The van der Waals surface area contributed by atoms with Crippen LogP contribution < -0.4 is 0 Å². The highest BCUT2D eigenvalue weighted by atomic mass is 35.5. The van der Waals surface area contributed by atoms with Gasteiger partial charge < -0.3 is 4.57 Å². The fourth-order valence-corrected chi connectivity index (χ4v) is 3.83. The Hall–Kier alpha value is -1.45. The van der Waals surface area contributed by atoms with E-state index < -0.39 is 0 Å². The summed E-state index contributed by atoms with van der Waals surface area (Å²) >= 11 is 7.78. The van der Waals surface area contributed by atoms with Crippen LogP contribution in [-0.4, -0.2) is 9.55 Å². The average Bonchev–Trinajstić information content (AvgIpc) is 2.96. The van der Waals surface area contributed by atoms with Crippen LogP contribution >= 0.6 is 23.4 Å². The minimum Gasteiger partial charge on any atom is -0.327 e. The molecule has 3 aromatic rings. The molecule has 4 heteroatoms. The van der Waals surface area contributed by atoms with Crippen molar-refractivity contribution in [1.82, 2.24) is 9.55 Å². The first-order chi connectivity index (χ1) is 11.8. The van der Waals surface area contributed by atoms with Gasteiger partial charge in [0.05, 0.1) is 16.8 Å². The molecule has 3 rings (SSSR count). The summed E-state index contributed by atoms with van der Waals surface area (Å²) in [6, 6.07) is 16.5. The summed E-state index contributed by atoms with van der Waals surface area (Å²) in [5.74, 6) is 2.04. The van der Waals surface area contributed by atoms with Gasteiger partial charge in [-0.15, -0.1) is 11.8 Å². The smallest absolute Gasteiger partial charge is 0.120 e. The van der Waals surface area contributed by atoms with Gasteiger partial charge in [0.25, 0.3) is 0 Å². The van der Waals surface area contributed by atoms with E-state index in [9.17, 15) is 0 Å². The number of unbranched alkanes of at least 4 members (excludes halogenated alkanes) is 3. The summed E-state index contributed by atoms with van der Waals surface area (Å²) in [5.41, 5.74) is 2.35. The van der Waals surface area contributed by atoms with E-state index in [0.29, 0.717) is 0 Å². The van der Waals surface area contributed by atoms with E-state index in [4.69, 9.17) is 16.6 Å². The van der Waals surface area contributed by atoms with Gasteiger partial charge in [-0.25, -0.2) is 4.98 Å². The second-order valence-corrected chi connectivity index (χ2v) is 7.46. The molecule has 0 fully saturated rings. The summed E-state index contributed by atoms with van der Waals surface area (Å²) in [6.45, 7) is 3.30. The lowest BCUT2D eigenvalue weighted by Gasteiger charge is -2.09. The predicted molar refractivity (Wildman–Crippen MR) is 105 cm³/mol. The molecule has 0 atom stereocenters. The second kappa shape index (κ2) is 8.59. The zero-order valence-electron chi connectivity index (χ0n) is 14.0. The van der Waals surface area contributed by atoms with Crippen molar-refractivity contribution in [2.24, 2.45) is 0 Å². The number of thioether (sulfide) groups is 1. The van der Waals surface area contributed by atoms with E-state index in [1.165, 1.54) is 36.1 Å². The van der Waals surface area contributed by atoms with Crippen LogP contribution in [0.4, 0.5) is 0 Å². The van der Waals surface area contributed by atoms with Crippen LogP contribution in [0.15, 0.2) is 53.4 Å². The molecule has 2 nitrogen and oxygen atoms in total. The maximum atomic E-state index is 5.96. The predicted octanol–water partition coefficient (Wildman–Crippen LogP) is 6.56. The molecule has 126 valence electrons. The highest BCUT2D eigenvalue weighted by Gasteiger charge is 2.10. The van der Waals surface area contributed by atoms with Gasteiger partial charge in [-0.3, -0.25) is 0 Å². The van der Waals surface area contributed by atoms with E-state index >= 15 is 0 Å². The number of nitrogens with zero attached hydrogens (tertiary/aromatic N) is 2. The van der Waals surface area contributed by atoms with Gasteiger partial charge in [0.2, 0.25) is 0 Å². The molecule has 1 heterocycles. The topological polar surface area (TPSA) is 17.8 Å². The molecule has 0 saturated carbocycles. The number of hydrogen-bond acceptors (Lipinski definition) is 2. The quantitative estimate of drug-likeness (QED) is 0.335. The molecule has 0 saturated heterocycles. The highest BCUT2D eigenvalue weighted by Crippen LogP contribution is 2.26. The van der Waals surface area contributed by atoms with Gasteiger partial charge >= 0.3 is 0 Å². The Bertz CT molecular complexity index is 780. The van der Waals surface area contributed by atoms with Crippen molar-refractivity contribution < 1.29 is 0 Å². The third kappa shape index (κ3) is 4.34. The molecule has 1 aromatic heterocycles. The highest BCUT2D eigenvalue weighted by molar-refractivity contribution is 7.98. The van der Waals surface area contributed by atoms with Crippen LogP contribution in [-0.2, 0) is 12.3 Å². The molecule has 0 unspecified atom stereocenters. The minimum atomic E-state index is 0.780. The largest absolute Gasteiger partial charge is 0.327 e. The number of aromatic nitrogens is 2. The monoisotopic (exact) mass is 358 g/mol. The number of halogens is 1. The standard InChI is InChI=1S/C20H23ClN2S/c1-2-3-4-7-14-23-19-9-6-5-8-18(19)22-20(23)15-24-17-12-10-16(21)11-13-17/h5-6,8-13H,2-4,7,14-15H2,1H3. The number of fused-ring (bicyclic) bond motifs is 1. The fourth-order valence-electron chi connectivity index (χ4n) is 2.86. The van der Waals surface area contributed by atoms with Gasteiger partial charge in [-0.2, -0.15) is 0 Å². The van der Waals surface area contributed by atoms with Gasteiger partial charge in [-0.1, -0.05) is 49.9 Å². The van der Waals surface area contributed by atoms with Crippen molar-refractivity contribution in [2.45, 2.75) is 49.8 Å². The summed E-state index contributed by atoms with van der Waals surface area (Å²) in [4.78, 5) is 6.09. The van der Waals surface area contributed by atoms with E-state index in [2.05, 4.69) is 47.9 Å². The summed E-state index contributed by atoms with van der Waals surface area (Å²) in [6.07, 6.45) is 5.07. The van der Waals surface area contributed by atoms with Crippen LogP contribution in [0.3, 0.4) is 0 Å². The van der Waals surface area contributed by atoms with Gasteiger partial charge in [0.1, 0.15) is 5.82 Å². The summed E-state index contributed by atoms with van der Waals surface area (Å²) < 4.78 is 2.40. The van der Waals surface area contributed by atoms with Crippen LogP contribution in [0.2, 0.25) is 5.02 Å². The first kappa shape index (κ1) is 17.4. The van der Waals surface area contributed by atoms with Crippen molar-refractivity contribution in [3.8, 4) is 0 Å². The lowest BCUT2D eigenvalue weighted by Crippen LogP contribution is -2.03. The molecule has 0 aliphatic heterocycles. The molecule has 0 amide bonds. The molecule has 0 aliphatic rings. The van der Waals surface area contributed by atoms with Crippen molar-refractivity contribution in [1.29, 1.82) is 0 Å². The Labute approximate surface area is 153 Å². The third-order valence-electron chi connectivity index (χ3n) is 4.15. The number of para-hydroxylation sites is 2. The van der Waals surface area contributed by atoms with E-state index in [-0.39, 0.29) is 0 Å². The molecular weight excluding hydrogens is 336 g/mol. The van der Waals surface area contributed by atoms with E-state index in [0.717, 1.165) is 28.7 Å². The van der Waals surface area contributed by atoms with Gasteiger partial charge in [0, 0.05) is 16.5 Å². The van der Waals surface area contributed by atoms with Crippen LogP contribution in [0, 0.1) is 0 Å². The summed E-state index contributed by atoms with van der Waals surface area (Å²) in [5, 5.41) is 0.780. The Morgan fingerprint density at radius 3 is 2.58 bits per heavy atom. The zero-order valence-corrected chi connectivity index (χ0v) is 15.6. The van der Waals surface area contributed by atoms with Crippen molar-refractivity contribution in [2.75, 3.05) is 0 Å². The molecule has 0 bridgehead atoms. The maximum absolute atomic E-state index is 5.96. The summed E-state index contributed by atoms with van der Waals surface area (Å²) in [7, 11) is 0. The van der Waals surface area contributed by atoms with Crippen LogP contribution in [0.1, 0.15) is 38.4 Å². The lowest BCUT2D eigenvalue weighted by atomic mass is 10.2. The fraction of sp³-hybridized carbons (Fsp3) is 0.350. The Balaban J connectivity index is 1.76. The lowest BCUT2D eigenvalue weighted by molar-refractivity contribution is 0.581. The van der Waals surface area contributed by atoms with Crippen molar-refractivity contribution in [3.63, 3.8) is 0 Å². The van der Waals surface area contributed by atoms with E-state index in [1.54, 1.807) is 0 Å². The van der Waals surface area contributed by atoms with E-state index in [1.807, 2.05) is 23.9 Å². The molecule has 0 spiro atoms. The Kier molecular flexibility index (Phi) is 6.22. The van der Waals surface area contributed by atoms with Gasteiger partial charge in [-0.05, 0) is 42.8 Å². The third-order valence-corrected chi connectivity index (χ3v) is 5.41. The Morgan fingerprint density at radius 2 is 1.79 bits per heavy atom. The van der Waals surface area contributed by atoms with Crippen molar-refractivity contribution >= 4 is 34.4 Å². The number of benzene rings is 2. The number of hydrogen-bond donors (Lipinski definition) is 0. The minimum absolute atomic E-state index is 0.780. The average molecular weight is 359 g/mol. The molecular formula is C20H23ClN2S. The maximum Gasteiger partial charge on any atom is 0.120 e. The second-order valence-electron chi connectivity index (χ2n) is 5.97. The Morgan fingerprint density at radius 1 is 1.00 bits per heavy atom. The number of imidazole rings is 1. The van der Waals surface area contributed by atoms with Crippen molar-refractivity contribution in [3.05, 3.63) is 59.4 Å². The number of aryl methyl sites for hydroxylation is 1. The van der Waals surface area contributed by atoms with Crippen LogP contribution in [0.5, 0.6) is 0 Å². The molecule has 0 aliphatic carbocycles. The first-order valence-corrected chi connectivity index (χ1v) is 9.97. The first-order valence-electron chi connectivity index (χ1n) is 8.60. The van der Waals surface area contributed by atoms with Crippen LogP contribution in [0.25, 0.3) is 11.0 Å². The molecule has 0 N–H and O–H groups in total. The zero-order chi connectivity index (χ0) is 16.8. The molecule has 2 aromatic carbocycles.